The minimum atomic E-state index is -0.485. The molecule has 0 saturated heterocycles. The average molecular weight is 804 g/mol. The van der Waals surface area contributed by atoms with Crippen LogP contribution in [0.15, 0.2) is 169 Å². The van der Waals surface area contributed by atoms with Gasteiger partial charge in [-0.15, -0.1) is 11.3 Å². The third-order valence-corrected chi connectivity index (χ3v) is 15.5. The molecule has 296 valence electrons. The molecule has 0 fully saturated rings. The number of nitrogens with zero attached hydrogens (tertiary/aromatic N) is 1. The van der Waals surface area contributed by atoms with Crippen molar-refractivity contribution in [3.05, 3.63) is 192 Å². The van der Waals surface area contributed by atoms with Crippen LogP contribution in [0.4, 0.5) is 17.1 Å². The van der Waals surface area contributed by atoms with Gasteiger partial charge in [-0.25, -0.2) is 0 Å². The molecule has 2 heterocycles. The van der Waals surface area contributed by atoms with Crippen LogP contribution in [0.25, 0.3) is 53.6 Å². The number of benzene rings is 7. The summed E-state index contributed by atoms with van der Waals surface area (Å²) < 4.78 is 2.64. The molecule has 0 N–H and O–H groups in total. The van der Waals surface area contributed by atoms with Crippen molar-refractivity contribution in [1.29, 1.82) is 0 Å². The number of hydrogen-bond acceptors (Lipinski definition) is 2. The lowest BCUT2D eigenvalue weighted by Crippen LogP contribution is -2.33. The number of rotatable bonds is 5. The summed E-state index contributed by atoms with van der Waals surface area (Å²) in [5.74, 6) is 0. The number of thiophene rings is 1. The molecule has 8 aromatic rings. The molecular formula is C58H50BNS. The van der Waals surface area contributed by atoms with Crippen molar-refractivity contribution in [2.24, 2.45) is 0 Å². The Morgan fingerprint density at radius 1 is 0.623 bits per heavy atom. The molecule has 11 rings (SSSR count). The highest BCUT2D eigenvalue weighted by Crippen LogP contribution is 2.57. The van der Waals surface area contributed by atoms with E-state index in [0.29, 0.717) is 0 Å². The van der Waals surface area contributed by atoms with Gasteiger partial charge in [0, 0.05) is 42.5 Å². The topological polar surface area (TPSA) is 3.24 Å². The van der Waals surface area contributed by atoms with E-state index in [-0.39, 0.29) is 10.8 Å². The fourth-order valence-electron chi connectivity index (χ4n) is 10.9. The largest absolute Gasteiger partial charge is 0.310 e. The van der Waals surface area contributed by atoms with Gasteiger partial charge in [0.25, 0.3) is 0 Å². The van der Waals surface area contributed by atoms with Crippen molar-refractivity contribution in [1.82, 2.24) is 0 Å². The van der Waals surface area contributed by atoms with Crippen LogP contribution in [-0.4, -0.2) is 7.85 Å². The zero-order valence-corrected chi connectivity index (χ0v) is 36.7. The van der Waals surface area contributed by atoms with Gasteiger partial charge in [-0.3, -0.25) is 0 Å². The molecule has 2 aliphatic carbocycles. The van der Waals surface area contributed by atoms with E-state index in [4.69, 9.17) is 7.85 Å². The van der Waals surface area contributed by atoms with E-state index in [2.05, 4.69) is 203 Å². The summed E-state index contributed by atoms with van der Waals surface area (Å²) in [5.41, 5.74) is 17.5. The van der Waals surface area contributed by atoms with Gasteiger partial charge in [-0.05, 0) is 142 Å². The summed E-state index contributed by atoms with van der Waals surface area (Å²) in [6.07, 6.45) is 11.6. The predicted molar refractivity (Wildman–Crippen MR) is 264 cm³/mol. The third-order valence-electron chi connectivity index (χ3n) is 14.4. The maximum atomic E-state index is 7.81. The average Bonchev–Trinajstić information content (AvgIpc) is 3.67. The van der Waals surface area contributed by atoms with Crippen LogP contribution in [0.2, 0.25) is 0 Å². The normalized spacial score (nSPS) is 17.1. The molecule has 1 nitrogen and oxygen atoms in total. The molecule has 0 amide bonds. The van der Waals surface area contributed by atoms with Crippen molar-refractivity contribution in [2.75, 3.05) is 4.90 Å². The first-order valence-corrected chi connectivity index (χ1v) is 22.8. The first kappa shape index (κ1) is 38.1. The fourth-order valence-corrected chi connectivity index (χ4v) is 12.0. The number of hydrogen-bond donors (Lipinski definition) is 0. The monoisotopic (exact) mass is 803 g/mol. The first-order chi connectivity index (χ1) is 29.5. The highest BCUT2D eigenvalue weighted by Gasteiger charge is 2.40. The Hall–Kier alpha value is -5.90. The highest BCUT2D eigenvalue weighted by molar-refractivity contribution is 7.26. The van der Waals surface area contributed by atoms with E-state index in [1.165, 1.54) is 83.1 Å². The van der Waals surface area contributed by atoms with Crippen LogP contribution in [0.1, 0.15) is 82.6 Å². The first-order valence-electron chi connectivity index (χ1n) is 22.0. The SMILES string of the molecule is [B]c1c2cc(-c3ccccc3)cc1N(c1ccccc1)c1c(cccc1C(C)(C1=CCCC=C1)c1ccccc1)-c1ccc3sc4cc5c(cc4c3c1-2)C(C)(C)CCC5(C)C. The van der Waals surface area contributed by atoms with Crippen molar-refractivity contribution in [2.45, 2.75) is 76.5 Å². The van der Waals surface area contributed by atoms with Gasteiger partial charge in [-0.1, -0.05) is 155 Å². The van der Waals surface area contributed by atoms with E-state index in [0.717, 1.165) is 46.5 Å². The Morgan fingerprint density at radius 3 is 2.02 bits per heavy atom. The van der Waals surface area contributed by atoms with Crippen LogP contribution in [-0.2, 0) is 16.2 Å². The summed E-state index contributed by atoms with van der Waals surface area (Å²) in [6.45, 7) is 12.2. The highest BCUT2D eigenvalue weighted by atomic mass is 32.1. The van der Waals surface area contributed by atoms with Gasteiger partial charge in [0.1, 0.15) is 7.85 Å². The Labute approximate surface area is 366 Å². The summed E-state index contributed by atoms with van der Waals surface area (Å²) >= 11 is 1.93. The van der Waals surface area contributed by atoms with Gasteiger partial charge in [0.2, 0.25) is 0 Å². The molecule has 2 bridgehead atoms. The molecule has 61 heavy (non-hydrogen) atoms. The molecule has 3 heteroatoms. The summed E-state index contributed by atoms with van der Waals surface area (Å²) in [7, 11) is 7.81. The number of para-hydroxylation sites is 2. The van der Waals surface area contributed by atoms with Gasteiger partial charge in [-0.2, -0.15) is 0 Å². The van der Waals surface area contributed by atoms with Crippen LogP contribution >= 0.6 is 11.3 Å². The standard InChI is InChI=1S/C58H50BNS/c1-56(2)31-32-57(3,4)48-36-51-44(35-47(48)56)53-50(61-51)30-29-42-43-27-18-28-46(58(5,39-21-12-7-13-22-39)40-23-14-8-15-24-40)55(43)60(41-25-16-9-17-26-41)49-34-38(37-19-10-6-11-20-37)33-45(52(42)53)54(49)59/h6-7,9-14,16-30,33-36H,8,15,31-32H2,1-5H3. The van der Waals surface area contributed by atoms with E-state index in [9.17, 15) is 0 Å². The third kappa shape index (κ3) is 5.88. The van der Waals surface area contributed by atoms with E-state index >= 15 is 0 Å². The lowest BCUT2D eigenvalue weighted by atomic mass is 9.63. The zero-order chi connectivity index (χ0) is 41.7. The second-order valence-electron chi connectivity index (χ2n) is 19.0. The Balaban J connectivity index is 1.33. The molecule has 0 spiro atoms. The molecule has 7 aromatic carbocycles. The number of anilines is 3. The Morgan fingerprint density at radius 2 is 1.31 bits per heavy atom. The molecule has 2 radical (unpaired) electrons. The minimum absolute atomic E-state index is 0.0811. The second-order valence-corrected chi connectivity index (χ2v) is 20.0. The zero-order valence-electron chi connectivity index (χ0n) is 35.8. The van der Waals surface area contributed by atoms with E-state index in [1.807, 2.05) is 11.3 Å². The van der Waals surface area contributed by atoms with Crippen molar-refractivity contribution < 1.29 is 0 Å². The van der Waals surface area contributed by atoms with Gasteiger partial charge in [0.05, 0.1) is 5.69 Å². The maximum Gasteiger partial charge on any atom is 0.117 e. The van der Waals surface area contributed by atoms with Crippen LogP contribution in [0.3, 0.4) is 0 Å². The summed E-state index contributed by atoms with van der Waals surface area (Å²) in [4.78, 5) is 2.48. The minimum Gasteiger partial charge on any atom is -0.310 e. The van der Waals surface area contributed by atoms with Gasteiger partial charge in [0.15, 0.2) is 0 Å². The summed E-state index contributed by atoms with van der Waals surface area (Å²) in [5, 5.41) is 2.63. The Bertz CT molecular complexity index is 3100. The van der Waals surface area contributed by atoms with Gasteiger partial charge < -0.3 is 4.90 Å². The molecule has 1 unspecified atom stereocenters. The molecule has 1 aliphatic heterocycles. The summed E-state index contributed by atoms with van der Waals surface area (Å²) in [6, 6.07) is 54.4. The smallest absolute Gasteiger partial charge is 0.117 e. The van der Waals surface area contributed by atoms with Gasteiger partial charge >= 0.3 is 0 Å². The number of allylic oxidation sites excluding steroid dienone is 4. The van der Waals surface area contributed by atoms with E-state index in [1.54, 1.807) is 0 Å². The molecular weight excluding hydrogens is 754 g/mol. The lowest BCUT2D eigenvalue weighted by Gasteiger charge is -2.42. The van der Waals surface area contributed by atoms with Crippen LogP contribution < -0.4 is 10.4 Å². The van der Waals surface area contributed by atoms with Crippen LogP contribution in [0.5, 0.6) is 0 Å². The lowest BCUT2D eigenvalue weighted by molar-refractivity contribution is 0.332. The van der Waals surface area contributed by atoms with Crippen molar-refractivity contribution in [3.63, 3.8) is 0 Å². The Kier molecular flexibility index (Phi) is 8.78. The fraction of sp³-hybridized carbons (Fsp3) is 0.207. The van der Waals surface area contributed by atoms with E-state index < -0.39 is 5.41 Å². The molecule has 1 aromatic heterocycles. The quantitative estimate of drug-likeness (QED) is 0.157. The molecule has 3 aliphatic rings. The van der Waals surface area contributed by atoms with Crippen molar-refractivity contribution >= 4 is 61.9 Å². The predicted octanol–water partition coefficient (Wildman–Crippen LogP) is 15.6. The van der Waals surface area contributed by atoms with Crippen molar-refractivity contribution in [3.8, 4) is 33.4 Å². The van der Waals surface area contributed by atoms with Crippen LogP contribution in [0, 0.1) is 0 Å². The molecule has 1 atom stereocenters. The maximum absolute atomic E-state index is 7.81. The second kappa shape index (κ2) is 14.1. The molecule has 0 saturated carbocycles. The number of fused-ring (bicyclic) bond motifs is 11.